The lowest BCUT2D eigenvalue weighted by Crippen LogP contribution is -2.47. The lowest BCUT2D eigenvalue weighted by atomic mass is 10.3. The number of amides is 3. The van der Waals surface area contributed by atoms with Gasteiger partial charge in [0, 0.05) is 19.3 Å². The number of nitrogens with one attached hydrogen (secondary N) is 3. The first-order valence-corrected chi connectivity index (χ1v) is 5.76. The Balaban J connectivity index is 3.70. The molecule has 3 N–H and O–H groups in total. The summed E-state index contributed by atoms with van der Waals surface area (Å²) in [7, 11) is 1.47. The number of rotatable bonds is 5. The average molecular weight is 219 g/mol. The van der Waals surface area contributed by atoms with Gasteiger partial charge in [0.05, 0.1) is 6.04 Å². The van der Waals surface area contributed by atoms with Crippen LogP contribution >= 0.6 is 11.8 Å². The van der Waals surface area contributed by atoms with Crippen molar-refractivity contribution in [3.8, 4) is 0 Å². The van der Waals surface area contributed by atoms with Crippen LogP contribution in [-0.4, -0.2) is 43.6 Å². The minimum atomic E-state index is -0.478. The van der Waals surface area contributed by atoms with Gasteiger partial charge in [-0.3, -0.25) is 10.1 Å². The molecule has 0 aliphatic heterocycles. The third-order valence-corrected chi connectivity index (χ3v) is 2.23. The Hall–Kier alpha value is -0.750. The van der Waals surface area contributed by atoms with Crippen molar-refractivity contribution >= 4 is 23.7 Å². The van der Waals surface area contributed by atoms with E-state index in [0.717, 1.165) is 12.3 Å². The molecule has 14 heavy (non-hydrogen) atoms. The van der Waals surface area contributed by atoms with Gasteiger partial charge in [0.15, 0.2) is 0 Å². The zero-order valence-corrected chi connectivity index (χ0v) is 9.53. The molecular formula is C8H17N3O2S. The smallest absolute Gasteiger partial charge is 0.321 e. The number of carbonyl (C=O) groups excluding carboxylic acids is 2. The Morgan fingerprint density at radius 3 is 2.57 bits per heavy atom. The summed E-state index contributed by atoms with van der Waals surface area (Å²) in [5, 5.41) is 7.51. The fourth-order valence-electron chi connectivity index (χ4n) is 0.753. The molecule has 0 radical (unpaired) electrons. The third-order valence-electron chi connectivity index (χ3n) is 1.61. The van der Waals surface area contributed by atoms with Crippen molar-refractivity contribution in [3.05, 3.63) is 0 Å². The Morgan fingerprint density at radius 1 is 1.43 bits per heavy atom. The molecule has 0 aromatic heterocycles. The van der Waals surface area contributed by atoms with Crippen molar-refractivity contribution in [1.29, 1.82) is 0 Å². The van der Waals surface area contributed by atoms with E-state index in [1.54, 1.807) is 18.7 Å². The van der Waals surface area contributed by atoms with Gasteiger partial charge in [-0.25, -0.2) is 4.79 Å². The molecule has 6 heteroatoms. The second kappa shape index (κ2) is 7.64. The van der Waals surface area contributed by atoms with Gasteiger partial charge < -0.3 is 10.6 Å². The Kier molecular flexibility index (Phi) is 7.23. The molecule has 0 fully saturated rings. The second-order valence-electron chi connectivity index (χ2n) is 2.74. The molecule has 0 bridgehead atoms. The van der Waals surface area contributed by atoms with Crippen LogP contribution < -0.4 is 16.0 Å². The van der Waals surface area contributed by atoms with Crippen molar-refractivity contribution < 1.29 is 9.59 Å². The molecule has 0 aliphatic rings. The summed E-state index contributed by atoms with van der Waals surface area (Å²) in [4.78, 5) is 22.0. The number of thioether (sulfide) groups is 1. The molecule has 82 valence electrons. The Bertz CT molecular complexity index is 199. The van der Waals surface area contributed by atoms with Crippen molar-refractivity contribution in [2.24, 2.45) is 0 Å². The highest BCUT2D eigenvalue weighted by Crippen LogP contribution is 1.89. The topological polar surface area (TPSA) is 70.2 Å². The molecule has 1 unspecified atom stereocenters. The lowest BCUT2D eigenvalue weighted by molar-refractivity contribution is -0.121. The van der Waals surface area contributed by atoms with E-state index in [2.05, 4.69) is 16.0 Å². The maximum Gasteiger partial charge on any atom is 0.321 e. The predicted molar refractivity (Wildman–Crippen MR) is 58.4 cm³/mol. The van der Waals surface area contributed by atoms with Crippen LogP contribution in [0, 0.1) is 0 Å². The number of carbonyl (C=O) groups is 2. The van der Waals surface area contributed by atoms with Crippen LogP contribution in [0.3, 0.4) is 0 Å². The largest absolute Gasteiger partial charge is 0.341 e. The molecular weight excluding hydrogens is 202 g/mol. The van der Waals surface area contributed by atoms with Crippen LogP contribution in [0.2, 0.25) is 0 Å². The average Bonchev–Trinajstić information content (AvgIpc) is 2.17. The predicted octanol–water partition coefficient (Wildman–Crippen LogP) is -0.217. The summed E-state index contributed by atoms with van der Waals surface area (Å²) in [5.41, 5.74) is 0. The van der Waals surface area contributed by atoms with Gasteiger partial charge in [-0.05, 0) is 13.2 Å². The van der Waals surface area contributed by atoms with E-state index in [-0.39, 0.29) is 11.9 Å². The van der Waals surface area contributed by atoms with Crippen molar-refractivity contribution in [1.82, 2.24) is 16.0 Å². The summed E-state index contributed by atoms with van der Waals surface area (Å²) in [6, 6.07) is -0.826. The van der Waals surface area contributed by atoms with Gasteiger partial charge in [0.2, 0.25) is 5.91 Å². The molecule has 0 spiro atoms. The Labute approximate surface area is 88.4 Å². The monoisotopic (exact) mass is 219 g/mol. The molecule has 0 aliphatic carbocycles. The summed E-state index contributed by atoms with van der Waals surface area (Å²) < 4.78 is 0. The van der Waals surface area contributed by atoms with Crippen LogP contribution in [0.1, 0.15) is 6.92 Å². The minimum Gasteiger partial charge on any atom is -0.341 e. The molecule has 0 aromatic rings. The first kappa shape index (κ1) is 13.2. The molecule has 3 amide bonds. The van der Waals surface area contributed by atoms with Gasteiger partial charge in [0.1, 0.15) is 0 Å². The van der Waals surface area contributed by atoms with E-state index >= 15 is 0 Å². The molecule has 0 rings (SSSR count). The van der Waals surface area contributed by atoms with E-state index in [1.807, 2.05) is 6.26 Å². The molecule has 0 saturated carbocycles. The van der Waals surface area contributed by atoms with Crippen LogP contribution in [0.25, 0.3) is 0 Å². The highest BCUT2D eigenvalue weighted by atomic mass is 32.2. The van der Waals surface area contributed by atoms with E-state index in [1.165, 1.54) is 7.05 Å². The molecule has 0 aromatic carbocycles. The van der Waals surface area contributed by atoms with Crippen LogP contribution in [0.4, 0.5) is 4.79 Å². The highest BCUT2D eigenvalue weighted by Gasteiger charge is 2.13. The summed E-state index contributed by atoms with van der Waals surface area (Å²) >= 11 is 1.70. The van der Waals surface area contributed by atoms with E-state index in [4.69, 9.17) is 0 Å². The van der Waals surface area contributed by atoms with Gasteiger partial charge in [-0.15, -0.1) is 0 Å². The first-order valence-electron chi connectivity index (χ1n) is 4.36. The Morgan fingerprint density at radius 2 is 2.07 bits per heavy atom. The third kappa shape index (κ3) is 5.82. The normalized spacial score (nSPS) is 11.9. The van der Waals surface area contributed by atoms with Gasteiger partial charge in [0.25, 0.3) is 0 Å². The zero-order valence-electron chi connectivity index (χ0n) is 8.72. The van der Waals surface area contributed by atoms with Crippen LogP contribution in [0.5, 0.6) is 0 Å². The summed E-state index contributed by atoms with van der Waals surface area (Å²) in [6.07, 6.45) is 2.00. The maximum atomic E-state index is 11.3. The minimum absolute atomic E-state index is 0.314. The standard InChI is InChI=1S/C8H17N3O2S/c1-6(10-4-5-14-3)7(12)11-8(13)9-2/h6,10H,4-5H2,1-3H3,(H2,9,11,12,13). The van der Waals surface area contributed by atoms with Crippen LogP contribution in [0.15, 0.2) is 0 Å². The fraction of sp³-hybridized carbons (Fsp3) is 0.750. The summed E-state index contributed by atoms with van der Waals surface area (Å²) in [5.74, 6) is 0.628. The molecule has 0 heterocycles. The number of hydrogen-bond donors (Lipinski definition) is 3. The summed E-state index contributed by atoms with van der Waals surface area (Å²) in [6.45, 7) is 2.47. The van der Waals surface area contributed by atoms with Crippen molar-refractivity contribution in [2.45, 2.75) is 13.0 Å². The SMILES string of the molecule is CNC(=O)NC(=O)C(C)NCCSC. The molecule has 1 atom stereocenters. The zero-order chi connectivity index (χ0) is 11.0. The molecule has 0 saturated heterocycles. The first-order chi connectivity index (χ1) is 6.61. The quantitative estimate of drug-likeness (QED) is 0.559. The number of imide groups is 1. The van der Waals surface area contributed by atoms with Gasteiger partial charge in [-0.2, -0.15) is 11.8 Å². The fourth-order valence-corrected chi connectivity index (χ4v) is 1.07. The van der Waals surface area contributed by atoms with Gasteiger partial charge >= 0.3 is 6.03 Å². The maximum absolute atomic E-state index is 11.3. The van der Waals surface area contributed by atoms with Gasteiger partial charge in [-0.1, -0.05) is 0 Å². The highest BCUT2D eigenvalue weighted by molar-refractivity contribution is 7.98. The van der Waals surface area contributed by atoms with E-state index in [0.29, 0.717) is 0 Å². The second-order valence-corrected chi connectivity index (χ2v) is 3.72. The van der Waals surface area contributed by atoms with Crippen LogP contribution in [-0.2, 0) is 4.79 Å². The van der Waals surface area contributed by atoms with Crippen molar-refractivity contribution in [2.75, 3.05) is 25.6 Å². The van der Waals surface area contributed by atoms with Crippen molar-refractivity contribution in [3.63, 3.8) is 0 Å². The van der Waals surface area contributed by atoms with E-state index < -0.39 is 6.03 Å². The molecule has 5 nitrogen and oxygen atoms in total. The number of urea groups is 1. The number of hydrogen-bond acceptors (Lipinski definition) is 4. The lowest BCUT2D eigenvalue weighted by Gasteiger charge is -2.12. The van der Waals surface area contributed by atoms with E-state index in [9.17, 15) is 9.59 Å².